The highest BCUT2D eigenvalue weighted by Crippen LogP contribution is 2.28. The van der Waals surface area contributed by atoms with Crippen LogP contribution in [0.4, 0.5) is 0 Å². The summed E-state index contributed by atoms with van der Waals surface area (Å²) in [6.45, 7) is 2.62. The summed E-state index contributed by atoms with van der Waals surface area (Å²) in [7, 11) is 0. The molecule has 18 nitrogen and oxygen atoms in total. The third kappa shape index (κ3) is 12.3. The first-order valence-corrected chi connectivity index (χ1v) is 15.7. The number of benzene rings is 3. The molecule has 55 heavy (non-hydrogen) atoms. The summed E-state index contributed by atoms with van der Waals surface area (Å²) in [6, 6.07) is 10.0. The van der Waals surface area contributed by atoms with E-state index in [0.717, 1.165) is 54.6 Å². The fourth-order valence-corrected chi connectivity index (χ4v) is 4.32. The number of carboxylic acids is 2. The van der Waals surface area contributed by atoms with Gasteiger partial charge in [-0.15, -0.1) is 0 Å². The molecule has 0 aliphatic carbocycles. The van der Waals surface area contributed by atoms with Crippen molar-refractivity contribution < 1.29 is 88.6 Å². The lowest BCUT2D eigenvalue weighted by Gasteiger charge is -2.32. The molecule has 0 bridgehead atoms. The zero-order valence-electron chi connectivity index (χ0n) is 28.7. The van der Waals surface area contributed by atoms with E-state index in [0.29, 0.717) is 18.2 Å². The number of phenolic OH excluding ortho intramolecular Hbond substituents is 6. The normalized spacial score (nSPS) is 13.6. The summed E-state index contributed by atoms with van der Waals surface area (Å²) < 4.78 is 20.6. The van der Waals surface area contributed by atoms with Crippen LogP contribution in [-0.4, -0.2) is 101 Å². The Labute approximate surface area is 310 Å². The van der Waals surface area contributed by atoms with Gasteiger partial charge in [0.05, 0.1) is 5.92 Å². The van der Waals surface area contributed by atoms with Crippen LogP contribution in [0.5, 0.6) is 34.5 Å². The van der Waals surface area contributed by atoms with E-state index in [9.17, 15) is 69.6 Å². The molecule has 0 amide bonds. The second-order valence-electron chi connectivity index (χ2n) is 11.6. The largest absolute Gasteiger partial charge is 0.504 e. The fourth-order valence-electron chi connectivity index (χ4n) is 4.32. The van der Waals surface area contributed by atoms with Crippen molar-refractivity contribution >= 4 is 54.0 Å². The SMILES string of the molecule is CC(C)C(=O)O[C@@H](C(=O)O)[C@H](OC(=O)/C=C/c1ccc(O)c(O)c1)[C@H](OC(=O)/C=C/c1ccc(O)c(O)c1)[C@H](OC(=O)/C=C/c1ccc(O)c(O)c1)C(=O)O. The van der Waals surface area contributed by atoms with E-state index in [2.05, 4.69) is 0 Å². The van der Waals surface area contributed by atoms with Gasteiger partial charge in [-0.3, -0.25) is 4.79 Å². The van der Waals surface area contributed by atoms with Crippen molar-refractivity contribution in [3.8, 4) is 34.5 Å². The van der Waals surface area contributed by atoms with E-state index in [1.54, 1.807) is 0 Å². The molecular weight excluding hydrogens is 732 g/mol. The standard InChI is InChI=1S/C37H34O18/c1-18(2)37(51)55-34(36(49)50)32(53-29(45)13-7-20-4-10-23(39)26(42)16-20)31(52-28(44)12-6-19-3-9-22(38)25(41)15-19)33(35(47)48)54-30(46)14-8-21-5-11-24(40)27(43)17-21/h3-18,31-34,38-43H,1-2H3,(H,47,48)(H,49,50)/b12-6+,13-7+,14-8+/t31-,32+,33-,34+/m0/s1. The molecule has 0 radical (unpaired) electrons. The first-order chi connectivity index (χ1) is 25.9. The Morgan fingerprint density at radius 1 is 0.473 bits per heavy atom. The zero-order chi connectivity index (χ0) is 41.0. The summed E-state index contributed by atoms with van der Waals surface area (Å²) in [5.41, 5.74) is 0.307. The van der Waals surface area contributed by atoms with Gasteiger partial charge in [-0.2, -0.15) is 0 Å². The van der Waals surface area contributed by atoms with Gasteiger partial charge < -0.3 is 59.8 Å². The fraction of sp³-hybridized carbons (Fsp3) is 0.189. The second-order valence-corrected chi connectivity index (χ2v) is 11.6. The lowest BCUT2D eigenvalue weighted by Crippen LogP contribution is -2.56. The third-order valence-corrected chi connectivity index (χ3v) is 7.10. The Kier molecular flexibility index (Phi) is 14.4. The number of ether oxygens (including phenoxy) is 4. The van der Waals surface area contributed by atoms with E-state index in [1.807, 2.05) is 0 Å². The van der Waals surface area contributed by atoms with Crippen molar-refractivity contribution in [2.24, 2.45) is 5.92 Å². The van der Waals surface area contributed by atoms with Gasteiger partial charge in [-0.25, -0.2) is 24.0 Å². The van der Waals surface area contributed by atoms with Gasteiger partial charge in [0, 0.05) is 18.2 Å². The molecular formula is C37H34O18. The number of carboxylic acid groups (broad SMARTS) is 2. The number of aromatic hydroxyl groups is 6. The minimum Gasteiger partial charge on any atom is -0.504 e. The molecule has 18 heteroatoms. The maximum absolute atomic E-state index is 13.2. The van der Waals surface area contributed by atoms with Crippen molar-refractivity contribution in [2.45, 2.75) is 38.3 Å². The molecule has 0 saturated carbocycles. The van der Waals surface area contributed by atoms with Gasteiger partial charge >= 0.3 is 35.8 Å². The number of aliphatic carboxylic acids is 2. The van der Waals surface area contributed by atoms with Crippen LogP contribution in [0.15, 0.2) is 72.8 Å². The first-order valence-electron chi connectivity index (χ1n) is 15.7. The molecule has 290 valence electrons. The van der Waals surface area contributed by atoms with Crippen molar-refractivity contribution in [1.29, 1.82) is 0 Å². The van der Waals surface area contributed by atoms with Crippen LogP contribution < -0.4 is 0 Å². The van der Waals surface area contributed by atoms with Gasteiger partial charge in [0.2, 0.25) is 12.2 Å². The molecule has 4 atom stereocenters. The molecule has 0 fully saturated rings. The Morgan fingerprint density at radius 2 is 0.782 bits per heavy atom. The minimum absolute atomic E-state index is 0.0954. The lowest BCUT2D eigenvalue weighted by atomic mass is 10.0. The Balaban J connectivity index is 2.12. The predicted molar refractivity (Wildman–Crippen MR) is 186 cm³/mol. The molecule has 0 spiro atoms. The van der Waals surface area contributed by atoms with Crippen molar-refractivity contribution in [2.75, 3.05) is 0 Å². The third-order valence-electron chi connectivity index (χ3n) is 7.10. The number of carbonyl (C=O) groups excluding carboxylic acids is 4. The minimum atomic E-state index is -2.70. The zero-order valence-corrected chi connectivity index (χ0v) is 28.7. The molecule has 0 unspecified atom stereocenters. The number of phenols is 6. The number of rotatable bonds is 16. The maximum atomic E-state index is 13.2. The average molecular weight is 767 g/mol. The van der Waals surface area contributed by atoms with Crippen LogP contribution in [0.25, 0.3) is 18.2 Å². The lowest BCUT2D eigenvalue weighted by molar-refractivity contribution is -0.205. The highest BCUT2D eigenvalue weighted by atomic mass is 16.6. The maximum Gasteiger partial charge on any atom is 0.349 e. The van der Waals surface area contributed by atoms with Crippen LogP contribution in [0.1, 0.15) is 30.5 Å². The highest BCUT2D eigenvalue weighted by Gasteiger charge is 2.50. The van der Waals surface area contributed by atoms with Gasteiger partial charge in [0.25, 0.3) is 0 Å². The van der Waals surface area contributed by atoms with E-state index >= 15 is 0 Å². The molecule has 3 aromatic rings. The van der Waals surface area contributed by atoms with Crippen LogP contribution in [0, 0.1) is 5.92 Å². The van der Waals surface area contributed by atoms with E-state index in [4.69, 9.17) is 18.9 Å². The van der Waals surface area contributed by atoms with E-state index in [-0.39, 0.29) is 16.7 Å². The Morgan fingerprint density at radius 3 is 1.07 bits per heavy atom. The highest BCUT2D eigenvalue weighted by molar-refractivity contribution is 5.91. The average Bonchev–Trinajstić information content (AvgIpc) is 3.12. The molecule has 0 saturated heterocycles. The molecule has 0 heterocycles. The number of carbonyl (C=O) groups is 6. The van der Waals surface area contributed by atoms with Gasteiger partial charge in [-0.1, -0.05) is 32.0 Å². The van der Waals surface area contributed by atoms with Crippen molar-refractivity contribution in [3.63, 3.8) is 0 Å². The summed E-state index contributed by atoms with van der Waals surface area (Å²) in [6.07, 6.45) is -5.47. The topological polar surface area (TPSA) is 301 Å². The predicted octanol–water partition coefficient (Wildman–Crippen LogP) is 2.83. The van der Waals surface area contributed by atoms with Crippen LogP contribution >= 0.6 is 0 Å². The van der Waals surface area contributed by atoms with Gasteiger partial charge in [-0.05, 0) is 71.3 Å². The smallest absolute Gasteiger partial charge is 0.349 e. The van der Waals surface area contributed by atoms with E-state index in [1.165, 1.54) is 32.0 Å². The summed E-state index contributed by atoms with van der Waals surface area (Å²) in [5, 5.41) is 78.3. The Hall–Kier alpha value is -7.50. The monoisotopic (exact) mass is 766 g/mol. The molecule has 0 aliphatic rings. The molecule has 8 N–H and O–H groups in total. The molecule has 3 rings (SSSR count). The molecule has 0 aliphatic heterocycles. The molecule has 3 aromatic carbocycles. The summed E-state index contributed by atoms with van der Waals surface area (Å²) in [5.74, 6) is -13.9. The van der Waals surface area contributed by atoms with Crippen LogP contribution in [-0.2, 0) is 47.7 Å². The molecule has 0 aromatic heterocycles. The first kappa shape index (κ1) is 41.9. The van der Waals surface area contributed by atoms with Crippen LogP contribution in [0.3, 0.4) is 0 Å². The van der Waals surface area contributed by atoms with Crippen LogP contribution in [0.2, 0.25) is 0 Å². The Bertz CT molecular complexity index is 2030. The van der Waals surface area contributed by atoms with E-state index < -0.39 is 101 Å². The second kappa shape index (κ2) is 18.8. The summed E-state index contributed by atoms with van der Waals surface area (Å²) in [4.78, 5) is 77.1. The summed E-state index contributed by atoms with van der Waals surface area (Å²) >= 11 is 0. The number of esters is 4. The van der Waals surface area contributed by atoms with Gasteiger partial charge in [0.1, 0.15) is 0 Å². The number of hydrogen-bond donors (Lipinski definition) is 8. The quantitative estimate of drug-likeness (QED) is 0.0450. The number of hydrogen-bond acceptors (Lipinski definition) is 16. The van der Waals surface area contributed by atoms with Gasteiger partial charge in [0.15, 0.2) is 46.7 Å². The van der Waals surface area contributed by atoms with Crippen molar-refractivity contribution in [3.05, 3.63) is 89.5 Å². The van der Waals surface area contributed by atoms with Crippen molar-refractivity contribution in [1.82, 2.24) is 0 Å².